The van der Waals surface area contributed by atoms with Gasteiger partial charge in [0, 0.05) is 30.0 Å². The Bertz CT molecular complexity index is 170. The average Bonchev–Trinajstić information content (AvgIpc) is 2.03. The minimum atomic E-state index is 0.153. The highest BCUT2D eigenvalue weighted by Crippen LogP contribution is 2.18. The van der Waals surface area contributed by atoms with Crippen molar-refractivity contribution < 1.29 is 4.79 Å². The summed E-state index contributed by atoms with van der Waals surface area (Å²) < 4.78 is 0. The third kappa shape index (κ3) is 2.41. The van der Waals surface area contributed by atoms with Gasteiger partial charge >= 0.3 is 0 Å². The zero-order valence-electron chi connectivity index (χ0n) is 8.04. The Morgan fingerprint density at radius 3 is 2.75 bits per heavy atom. The molecule has 0 aromatic carbocycles. The Balaban J connectivity index is 2.46. The summed E-state index contributed by atoms with van der Waals surface area (Å²) >= 11 is 1.96. The van der Waals surface area contributed by atoms with Gasteiger partial charge in [0.05, 0.1) is 0 Å². The number of hydrogen-bond acceptors (Lipinski definition) is 2. The number of carbonyl (C=O) groups excluding carboxylic acids is 1. The van der Waals surface area contributed by atoms with Crippen LogP contribution >= 0.6 is 11.8 Å². The van der Waals surface area contributed by atoms with E-state index < -0.39 is 0 Å². The van der Waals surface area contributed by atoms with Crippen LogP contribution in [0.4, 0.5) is 0 Å². The molecule has 2 nitrogen and oxygen atoms in total. The molecule has 1 rings (SSSR count). The fraction of sp³-hybridized carbons (Fsp3) is 0.889. The van der Waals surface area contributed by atoms with E-state index in [1.165, 1.54) is 0 Å². The van der Waals surface area contributed by atoms with Gasteiger partial charge in [-0.15, -0.1) is 0 Å². The monoisotopic (exact) mass is 187 g/mol. The Morgan fingerprint density at radius 1 is 1.58 bits per heavy atom. The van der Waals surface area contributed by atoms with Crippen LogP contribution in [0.5, 0.6) is 0 Å². The highest BCUT2D eigenvalue weighted by Gasteiger charge is 2.22. The first-order valence-corrected chi connectivity index (χ1v) is 5.56. The second-order valence-electron chi connectivity index (χ2n) is 3.62. The van der Waals surface area contributed by atoms with Gasteiger partial charge in [0.1, 0.15) is 0 Å². The van der Waals surface area contributed by atoms with Gasteiger partial charge in [-0.2, -0.15) is 11.8 Å². The fourth-order valence-electron chi connectivity index (χ4n) is 1.38. The molecule has 1 aliphatic heterocycles. The number of amides is 1. The third-order valence-corrected chi connectivity index (χ3v) is 3.18. The van der Waals surface area contributed by atoms with E-state index >= 15 is 0 Å². The molecule has 1 aliphatic rings. The lowest BCUT2D eigenvalue weighted by Gasteiger charge is -2.31. The molecular weight excluding hydrogens is 170 g/mol. The van der Waals surface area contributed by atoms with Crippen molar-refractivity contribution in [3.8, 4) is 0 Å². The predicted molar refractivity (Wildman–Crippen MR) is 53.3 cm³/mol. The van der Waals surface area contributed by atoms with Crippen molar-refractivity contribution in [2.45, 2.75) is 26.0 Å². The van der Waals surface area contributed by atoms with Gasteiger partial charge in [-0.05, 0) is 0 Å². The molecule has 1 unspecified atom stereocenters. The van der Waals surface area contributed by atoms with Crippen molar-refractivity contribution in [3.05, 3.63) is 0 Å². The van der Waals surface area contributed by atoms with Gasteiger partial charge in [-0.1, -0.05) is 20.8 Å². The predicted octanol–water partition coefficient (Wildman–Crippen LogP) is 1.61. The second kappa shape index (κ2) is 4.17. The van der Waals surface area contributed by atoms with Crippen LogP contribution in [-0.2, 0) is 4.79 Å². The second-order valence-corrected chi connectivity index (χ2v) is 5.17. The lowest BCUT2D eigenvalue weighted by atomic mass is 10.2. The summed E-state index contributed by atoms with van der Waals surface area (Å²) in [5.41, 5.74) is 0. The SMILES string of the molecule is CC1CN(C(=O)C(C)C)CCS1. The molecule has 1 fully saturated rings. The van der Waals surface area contributed by atoms with Crippen molar-refractivity contribution in [2.75, 3.05) is 18.8 Å². The average molecular weight is 187 g/mol. The normalized spacial score (nSPS) is 24.7. The third-order valence-electron chi connectivity index (χ3n) is 2.05. The smallest absolute Gasteiger partial charge is 0.225 e. The van der Waals surface area contributed by atoms with Crippen LogP contribution in [0.3, 0.4) is 0 Å². The number of nitrogens with zero attached hydrogens (tertiary/aromatic N) is 1. The molecule has 0 aromatic rings. The van der Waals surface area contributed by atoms with Gasteiger partial charge in [-0.3, -0.25) is 4.79 Å². The number of thioether (sulfide) groups is 1. The molecule has 0 spiro atoms. The van der Waals surface area contributed by atoms with E-state index in [0.717, 1.165) is 18.8 Å². The molecule has 1 atom stereocenters. The fourth-order valence-corrected chi connectivity index (χ4v) is 2.40. The first-order chi connectivity index (χ1) is 5.61. The molecule has 0 radical (unpaired) electrons. The minimum Gasteiger partial charge on any atom is -0.341 e. The summed E-state index contributed by atoms with van der Waals surface area (Å²) in [4.78, 5) is 13.6. The van der Waals surface area contributed by atoms with E-state index in [2.05, 4.69) is 6.92 Å². The number of rotatable bonds is 1. The topological polar surface area (TPSA) is 20.3 Å². The van der Waals surface area contributed by atoms with Gasteiger partial charge in [-0.25, -0.2) is 0 Å². The molecule has 12 heavy (non-hydrogen) atoms. The molecule has 1 amide bonds. The summed E-state index contributed by atoms with van der Waals surface area (Å²) in [6.45, 7) is 7.99. The van der Waals surface area contributed by atoms with Crippen molar-refractivity contribution in [1.29, 1.82) is 0 Å². The summed E-state index contributed by atoms with van der Waals surface area (Å²) in [6.07, 6.45) is 0. The van der Waals surface area contributed by atoms with Crippen LogP contribution < -0.4 is 0 Å². The van der Waals surface area contributed by atoms with Gasteiger partial charge in [0.25, 0.3) is 0 Å². The van der Waals surface area contributed by atoms with Crippen LogP contribution in [0.15, 0.2) is 0 Å². The molecule has 0 aliphatic carbocycles. The van der Waals surface area contributed by atoms with Crippen molar-refractivity contribution >= 4 is 17.7 Å². The zero-order chi connectivity index (χ0) is 9.14. The Hall–Kier alpha value is -0.180. The van der Waals surface area contributed by atoms with Crippen LogP contribution in [0, 0.1) is 5.92 Å². The Labute approximate surface area is 78.7 Å². The zero-order valence-corrected chi connectivity index (χ0v) is 8.86. The van der Waals surface area contributed by atoms with Crippen molar-refractivity contribution in [3.63, 3.8) is 0 Å². The molecule has 1 saturated heterocycles. The highest BCUT2D eigenvalue weighted by atomic mass is 32.2. The van der Waals surface area contributed by atoms with E-state index in [0.29, 0.717) is 11.2 Å². The lowest BCUT2D eigenvalue weighted by Crippen LogP contribution is -2.42. The summed E-state index contributed by atoms with van der Waals surface area (Å²) in [5, 5.41) is 0.612. The molecule has 3 heteroatoms. The summed E-state index contributed by atoms with van der Waals surface area (Å²) in [6, 6.07) is 0. The van der Waals surface area contributed by atoms with E-state index in [9.17, 15) is 4.79 Å². The van der Waals surface area contributed by atoms with Crippen LogP contribution in [-0.4, -0.2) is 34.9 Å². The molecule has 70 valence electrons. The van der Waals surface area contributed by atoms with Gasteiger partial charge < -0.3 is 4.90 Å². The Morgan fingerprint density at radius 2 is 2.25 bits per heavy atom. The van der Waals surface area contributed by atoms with Crippen LogP contribution in [0.1, 0.15) is 20.8 Å². The number of carbonyl (C=O) groups is 1. The lowest BCUT2D eigenvalue weighted by molar-refractivity contribution is -0.134. The van der Waals surface area contributed by atoms with Gasteiger partial charge in [0.15, 0.2) is 0 Å². The molecule has 0 saturated carbocycles. The van der Waals surface area contributed by atoms with Gasteiger partial charge in [0.2, 0.25) is 5.91 Å². The molecule has 0 bridgehead atoms. The van der Waals surface area contributed by atoms with E-state index in [-0.39, 0.29) is 5.92 Å². The van der Waals surface area contributed by atoms with Crippen molar-refractivity contribution in [2.24, 2.45) is 5.92 Å². The maximum absolute atomic E-state index is 11.6. The first kappa shape index (κ1) is 9.90. The van der Waals surface area contributed by atoms with Crippen LogP contribution in [0.2, 0.25) is 0 Å². The van der Waals surface area contributed by atoms with E-state index in [1.54, 1.807) is 0 Å². The first-order valence-electron chi connectivity index (χ1n) is 4.51. The Kier molecular flexibility index (Phi) is 3.44. The maximum atomic E-state index is 11.6. The van der Waals surface area contributed by atoms with E-state index in [4.69, 9.17) is 0 Å². The standard InChI is InChI=1S/C9H17NOS/c1-7(2)9(11)10-4-5-12-8(3)6-10/h7-8H,4-6H2,1-3H3. The maximum Gasteiger partial charge on any atom is 0.225 e. The van der Waals surface area contributed by atoms with Crippen molar-refractivity contribution in [1.82, 2.24) is 4.90 Å². The number of hydrogen-bond donors (Lipinski definition) is 0. The largest absolute Gasteiger partial charge is 0.341 e. The minimum absolute atomic E-state index is 0.153. The van der Waals surface area contributed by atoms with E-state index in [1.807, 2.05) is 30.5 Å². The quantitative estimate of drug-likeness (QED) is 0.621. The highest BCUT2D eigenvalue weighted by molar-refractivity contribution is 7.99. The summed E-state index contributed by atoms with van der Waals surface area (Å²) in [5.74, 6) is 1.56. The molecule has 0 N–H and O–H groups in total. The molecule has 0 aromatic heterocycles. The summed E-state index contributed by atoms with van der Waals surface area (Å²) in [7, 11) is 0. The van der Waals surface area contributed by atoms with Crippen LogP contribution in [0.25, 0.3) is 0 Å². The molecule has 1 heterocycles. The molecular formula is C9H17NOS.